The average Bonchev–Trinajstić information content (AvgIpc) is 3.00. The van der Waals surface area contributed by atoms with Gasteiger partial charge in [0.05, 0.1) is 0 Å². The van der Waals surface area contributed by atoms with Gasteiger partial charge in [-0.2, -0.15) is 17.0 Å². The second kappa shape index (κ2) is 8.62. The second-order valence-corrected chi connectivity index (χ2v) is 9.26. The van der Waals surface area contributed by atoms with Gasteiger partial charge in [0.25, 0.3) is 10.2 Å². The standard InChI is InChI=1S/C19H31N3O2S/c1-18-7-9-19(10-8-18)17-20-11-6-14-22(16-15-20)25(23,24)21-12-4-2-3-5-13-21/h7-10H,2-6,11-17H2,1H3. The lowest BCUT2D eigenvalue weighted by Crippen LogP contribution is -2.45. The molecule has 0 unspecified atom stereocenters. The molecule has 140 valence electrons. The highest BCUT2D eigenvalue weighted by molar-refractivity contribution is 7.86. The zero-order valence-electron chi connectivity index (χ0n) is 15.4. The van der Waals surface area contributed by atoms with Crippen molar-refractivity contribution >= 4 is 10.2 Å². The van der Waals surface area contributed by atoms with E-state index in [2.05, 4.69) is 36.1 Å². The molecule has 0 spiro atoms. The van der Waals surface area contributed by atoms with Crippen LogP contribution in [-0.4, -0.2) is 61.2 Å². The molecule has 5 nitrogen and oxygen atoms in total. The molecule has 0 aromatic heterocycles. The van der Waals surface area contributed by atoms with Crippen LogP contribution in [0.15, 0.2) is 24.3 Å². The van der Waals surface area contributed by atoms with Crippen LogP contribution in [0.5, 0.6) is 0 Å². The van der Waals surface area contributed by atoms with Crippen LogP contribution in [0.1, 0.15) is 43.2 Å². The summed E-state index contributed by atoms with van der Waals surface area (Å²) in [5, 5.41) is 0. The molecule has 2 aliphatic heterocycles. The van der Waals surface area contributed by atoms with E-state index in [1.807, 2.05) is 0 Å². The number of benzene rings is 1. The molecule has 0 bridgehead atoms. The van der Waals surface area contributed by atoms with E-state index in [-0.39, 0.29) is 0 Å². The summed E-state index contributed by atoms with van der Waals surface area (Å²) in [6.07, 6.45) is 5.19. The summed E-state index contributed by atoms with van der Waals surface area (Å²) in [7, 11) is -3.29. The Labute approximate surface area is 152 Å². The summed E-state index contributed by atoms with van der Waals surface area (Å²) in [6, 6.07) is 8.63. The van der Waals surface area contributed by atoms with Gasteiger partial charge in [-0.15, -0.1) is 0 Å². The fraction of sp³-hybridized carbons (Fsp3) is 0.684. The molecule has 3 rings (SSSR count). The van der Waals surface area contributed by atoms with E-state index in [1.165, 1.54) is 11.1 Å². The maximum atomic E-state index is 13.0. The molecular weight excluding hydrogens is 334 g/mol. The van der Waals surface area contributed by atoms with Crippen molar-refractivity contribution in [2.24, 2.45) is 0 Å². The first-order valence-corrected chi connectivity index (χ1v) is 11.0. The molecule has 2 saturated heterocycles. The first-order valence-electron chi connectivity index (χ1n) is 9.59. The first-order chi connectivity index (χ1) is 12.1. The normalized spacial score (nSPS) is 22.4. The second-order valence-electron chi connectivity index (χ2n) is 7.34. The van der Waals surface area contributed by atoms with Crippen LogP contribution < -0.4 is 0 Å². The van der Waals surface area contributed by atoms with Gasteiger partial charge in [0.15, 0.2) is 0 Å². The average molecular weight is 366 g/mol. The van der Waals surface area contributed by atoms with Crippen molar-refractivity contribution in [1.82, 2.24) is 13.5 Å². The summed E-state index contributed by atoms with van der Waals surface area (Å²) in [5.41, 5.74) is 2.57. The maximum Gasteiger partial charge on any atom is 0.282 e. The van der Waals surface area contributed by atoms with Crippen molar-refractivity contribution in [3.05, 3.63) is 35.4 Å². The quantitative estimate of drug-likeness (QED) is 0.824. The first kappa shape index (κ1) is 18.8. The third kappa shape index (κ3) is 5.03. The third-order valence-corrected chi connectivity index (χ3v) is 7.33. The van der Waals surface area contributed by atoms with E-state index in [1.54, 1.807) is 8.61 Å². The Morgan fingerprint density at radius 1 is 0.760 bits per heavy atom. The molecule has 0 radical (unpaired) electrons. The smallest absolute Gasteiger partial charge is 0.282 e. The zero-order valence-corrected chi connectivity index (χ0v) is 16.2. The largest absolute Gasteiger partial charge is 0.298 e. The van der Waals surface area contributed by atoms with Gasteiger partial charge in [0.1, 0.15) is 0 Å². The van der Waals surface area contributed by atoms with Crippen LogP contribution in [0, 0.1) is 6.92 Å². The van der Waals surface area contributed by atoms with Gasteiger partial charge in [0.2, 0.25) is 0 Å². The predicted octanol–water partition coefficient (Wildman–Crippen LogP) is 2.62. The topological polar surface area (TPSA) is 43.9 Å². The monoisotopic (exact) mass is 365 g/mol. The van der Waals surface area contributed by atoms with E-state index in [4.69, 9.17) is 0 Å². The van der Waals surface area contributed by atoms with Gasteiger partial charge < -0.3 is 0 Å². The Morgan fingerprint density at radius 2 is 1.36 bits per heavy atom. The van der Waals surface area contributed by atoms with Crippen LogP contribution in [0.2, 0.25) is 0 Å². The van der Waals surface area contributed by atoms with E-state index in [0.29, 0.717) is 26.2 Å². The molecule has 0 aliphatic carbocycles. The zero-order chi connectivity index (χ0) is 17.7. The van der Waals surface area contributed by atoms with Gasteiger partial charge in [-0.25, -0.2) is 0 Å². The maximum absolute atomic E-state index is 13.0. The molecule has 1 aromatic carbocycles. The molecule has 1 aromatic rings. The lowest BCUT2D eigenvalue weighted by molar-refractivity contribution is 0.275. The Hall–Kier alpha value is -0.950. The Bertz CT molecular complexity index is 637. The molecule has 0 atom stereocenters. The highest BCUT2D eigenvalue weighted by atomic mass is 32.2. The molecule has 6 heteroatoms. The molecule has 0 amide bonds. The highest BCUT2D eigenvalue weighted by Gasteiger charge is 2.31. The van der Waals surface area contributed by atoms with Crippen LogP contribution in [-0.2, 0) is 16.8 Å². The minimum atomic E-state index is -3.29. The fourth-order valence-electron chi connectivity index (χ4n) is 3.72. The molecule has 2 fully saturated rings. The lowest BCUT2D eigenvalue weighted by Gasteiger charge is -2.28. The molecule has 0 N–H and O–H groups in total. The van der Waals surface area contributed by atoms with Crippen molar-refractivity contribution in [2.75, 3.05) is 39.3 Å². The number of nitrogens with zero attached hydrogens (tertiary/aromatic N) is 3. The van der Waals surface area contributed by atoms with Crippen LogP contribution >= 0.6 is 0 Å². The van der Waals surface area contributed by atoms with Crippen molar-refractivity contribution in [3.8, 4) is 0 Å². The minimum Gasteiger partial charge on any atom is -0.298 e. The van der Waals surface area contributed by atoms with Gasteiger partial charge in [0, 0.05) is 39.3 Å². The van der Waals surface area contributed by atoms with E-state index >= 15 is 0 Å². The van der Waals surface area contributed by atoms with E-state index < -0.39 is 10.2 Å². The Kier molecular flexibility index (Phi) is 6.49. The lowest BCUT2D eigenvalue weighted by atomic mass is 10.1. The summed E-state index contributed by atoms with van der Waals surface area (Å²) in [5.74, 6) is 0. The van der Waals surface area contributed by atoms with Crippen LogP contribution in [0.4, 0.5) is 0 Å². The van der Waals surface area contributed by atoms with E-state index in [9.17, 15) is 8.42 Å². The summed E-state index contributed by atoms with van der Waals surface area (Å²) >= 11 is 0. The number of aryl methyl sites for hydroxylation is 1. The summed E-state index contributed by atoms with van der Waals surface area (Å²) < 4.78 is 29.4. The number of hydrogen-bond acceptors (Lipinski definition) is 3. The van der Waals surface area contributed by atoms with Crippen LogP contribution in [0.3, 0.4) is 0 Å². The number of rotatable bonds is 4. The van der Waals surface area contributed by atoms with Gasteiger partial charge in [-0.1, -0.05) is 42.7 Å². The SMILES string of the molecule is Cc1ccc(CN2CCCN(S(=O)(=O)N3CCCCCC3)CC2)cc1. The summed E-state index contributed by atoms with van der Waals surface area (Å²) in [4.78, 5) is 2.38. The molecule has 25 heavy (non-hydrogen) atoms. The van der Waals surface area contributed by atoms with Gasteiger partial charge >= 0.3 is 0 Å². The Morgan fingerprint density at radius 3 is 2.04 bits per heavy atom. The highest BCUT2D eigenvalue weighted by Crippen LogP contribution is 2.18. The van der Waals surface area contributed by atoms with E-state index in [0.717, 1.165) is 51.7 Å². The van der Waals surface area contributed by atoms with Crippen molar-refractivity contribution < 1.29 is 8.42 Å². The third-order valence-electron chi connectivity index (χ3n) is 5.29. The molecule has 0 saturated carbocycles. The summed E-state index contributed by atoms with van der Waals surface area (Å²) in [6.45, 7) is 7.38. The van der Waals surface area contributed by atoms with Crippen molar-refractivity contribution in [3.63, 3.8) is 0 Å². The van der Waals surface area contributed by atoms with Crippen molar-refractivity contribution in [1.29, 1.82) is 0 Å². The van der Waals surface area contributed by atoms with Gasteiger partial charge in [-0.3, -0.25) is 4.90 Å². The molecule has 2 heterocycles. The van der Waals surface area contributed by atoms with Gasteiger partial charge in [-0.05, 0) is 38.3 Å². The Balaban J connectivity index is 1.59. The molecule has 2 aliphatic rings. The van der Waals surface area contributed by atoms with Crippen molar-refractivity contribution in [2.45, 2.75) is 45.6 Å². The predicted molar refractivity (Wildman–Crippen MR) is 102 cm³/mol. The van der Waals surface area contributed by atoms with Crippen LogP contribution in [0.25, 0.3) is 0 Å². The molecular formula is C19H31N3O2S. The fourth-order valence-corrected chi connectivity index (χ4v) is 5.44. The number of hydrogen-bond donors (Lipinski definition) is 0. The minimum absolute atomic E-state index is 0.602.